The van der Waals surface area contributed by atoms with Crippen molar-refractivity contribution in [2.24, 2.45) is 0 Å². The second-order valence-corrected chi connectivity index (χ2v) is 10.1. The molecule has 33 heavy (non-hydrogen) atoms. The van der Waals surface area contributed by atoms with E-state index in [1.165, 1.54) is 23.5 Å². The Morgan fingerprint density at radius 1 is 0.909 bits per heavy atom. The fraction of sp³-hybridized carbons (Fsp3) is 0.0800. The van der Waals surface area contributed by atoms with E-state index in [2.05, 4.69) is 15.3 Å². The topological polar surface area (TPSA) is 54.9 Å². The van der Waals surface area contributed by atoms with Gasteiger partial charge in [0.1, 0.15) is 5.69 Å². The van der Waals surface area contributed by atoms with Gasteiger partial charge in [0, 0.05) is 32.6 Å². The first-order chi connectivity index (χ1) is 16.0. The maximum Gasteiger partial charge on any atom is 0.275 e. The second kappa shape index (κ2) is 11.1. The summed E-state index contributed by atoms with van der Waals surface area (Å²) in [7, 11) is 0. The zero-order chi connectivity index (χ0) is 23.2. The first kappa shape index (κ1) is 23.6. The molecule has 0 aliphatic rings. The van der Waals surface area contributed by atoms with Crippen LogP contribution in [0.25, 0.3) is 0 Å². The van der Waals surface area contributed by atoms with Gasteiger partial charge in [0.25, 0.3) is 5.91 Å². The van der Waals surface area contributed by atoms with Crippen molar-refractivity contribution in [3.05, 3.63) is 106 Å². The molecule has 0 fully saturated rings. The molecule has 3 aromatic carbocycles. The number of carbonyl (C=O) groups excluding carboxylic acids is 1. The summed E-state index contributed by atoms with van der Waals surface area (Å²) in [6.45, 7) is 2.00. The van der Waals surface area contributed by atoms with Crippen LogP contribution in [0.1, 0.15) is 21.6 Å². The van der Waals surface area contributed by atoms with Crippen molar-refractivity contribution in [3.63, 3.8) is 0 Å². The first-order valence-corrected chi connectivity index (χ1v) is 12.6. The van der Waals surface area contributed by atoms with Gasteiger partial charge in [0.15, 0.2) is 5.16 Å². The minimum atomic E-state index is -0.286. The number of hydrogen-bond acceptors (Lipinski definition) is 5. The maximum absolute atomic E-state index is 13.2. The van der Waals surface area contributed by atoms with E-state index >= 15 is 0 Å². The molecule has 0 radical (unpaired) electrons. The van der Waals surface area contributed by atoms with E-state index in [4.69, 9.17) is 23.2 Å². The van der Waals surface area contributed by atoms with Gasteiger partial charge >= 0.3 is 0 Å². The quantitative estimate of drug-likeness (QED) is 0.202. The summed E-state index contributed by atoms with van der Waals surface area (Å²) in [5, 5.41) is 4.82. The summed E-state index contributed by atoms with van der Waals surface area (Å²) in [6, 6.07) is 22.7. The van der Waals surface area contributed by atoms with Crippen LogP contribution in [0.5, 0.6) is 0 Å². The van der Waals surface area contributed by atoms with Gasteiger partial charge in [-0.2, -0.15) is 0 Å². The Hall–Kier alpha value is -2.51. The van der Waals surface area contributed by atoms with E-state index in [9.17, 15) is 4.79 Å². The lowest BCUT2D eigenvalue weighted by Crippen LogP contribution is -2.16. The van der Waals surface area contributed by atoms with Crippen LogP contribution in [0.4, 0.5) is 5.69 Å². The van der Waals surface area contributed by atoms with Crippen LogP contribution in [-0.4, -0.2) is 15.9 Å². The van der Waals surface area contributed by atoms with E-state index in [1.54, 1.807) is 6.20 Å². The third-order valence-electron chi connectivity index (χ3n) is 4.58. The van der Waals surface area contributed by atoms with Crippen molar-refractivity contribution < 1.29 is 4.79 Å². The fourth-order valence-corrected chi connectivity index (χ4v) is 4.74. The van der Waals surface area contributed by atoms with Gasteiger partial charge < -0.3 is 5.32 Å². The summed E-state index contributed by atoms with van der Waals surface area (Å²) in [4.78, 5) is 23.9. The van der Waals surface area contributed by atoms with Crippen molar-refractivity contribution in [2.75, 3.05) is 5.32 Å². The number of nitrogens with one attached hydrogen (secondary N) is 1. The molecule has 4 nitrogen and oxygen atoms in total. The van der Waals surface area contributed by atoms with Crippen molar-refractivity contribution in [1.82, 2.24) is 9.97 Å². The smallest absolute Gasteiger partial charge is 0.275 e. The van der Waals surface area contributed by atoms with Gasteiger partial charge in [0.2, 0.25) is 0 Å². The Balaban J connectivity index is 1.58. The molecule has 0 saturated heterocycles. The number of hydrogen-bond donors (Lipinski definition) is 1. The summed E-state index contributed by atoms with van der Waals surface area (Å²) in [6.07, 6.45) is 1.69. The minimum Gasteiger partial charge on any atom is -0.321 e. The van der Waals surface area contributed by atoms with Crippen molar-refractivity contribution in [1.29, 1.82) is 0 Å². The van der Waals surface area contributed by atoms with Crippen LogP contribution >= 0.6 is 46.7 Å². The zero-order valence-electron chi connectivity index (χ0n) is 17.6. The molecule has 1 amide bonds. The monoisotopic (exact) mass is 511 g/mol. The number of aromatic nitrogens is 2. The third kappa shape index (κ3) is 6.74. The molecule has 8 heteroatoms. The number of anilines is 1. The summed E-state index contributed by atoms with van der Waals surface area (Å²) < 4.78 is 0. The Morgan fingerprint density at radius 2 is 1.55 bits per heavy atom. The van der Waals surface area contributed by atoms with Gasteiger partial charge in [-0.3, -0.25) is 4.79 Å². The molecule has 0 spiro atoms. The SMILES string of the molecule is Cc1ccc(NC(=O)c2nc(SCc3ccc(Cl)cc3)ncc2Sc2ccc(Cl)cc2)cc1. The van der Waals surface area contributed by atoms with Crippen LogP contribution in [0, 0.1) is 6.92 Å². The molecule has 4 rings (SSSR count). The molecule has 1 N–H and O–H groups in total. The number of halogens is 2. The molecule has 0 atom stereocenters. The van der Waals surface area contributed by atoms with Crippen molar-refractivity contribution in [2.45, 2.75) is 27.6 Å². The van der Waals surface area contributed by atoms with Gasteiger partial charge in [0.05, 0.1) is 4.90 Å². The summed E-state index contributed by atoms with van der Waals surface area (Å²) in [5.41, 5.74) is 3.25. The highest BCUT2D eigenvalue weighted by Crippen LogP contribution is 2.32. The van der Waals surface area contributed by atoms with Crippen LogP contribution in [0.2, 0.25) is 10.0 Å². The Bertz CT molecular complexity index is 1250. The van der Waals surface area contributed by atoms with Crippen LogP contribution in [0.3, 0.4) is 0 Å². The molecule has 0 saturated carbocycles. The van der Waals surface area contributed by atoms with E-state index in [1.807, 2.05) is 79.7 Å². The number of aryl methyl sites for hydroxylation is 1. The summed E-state index contributed by atoms with van der Waals surface area (Å²) >= 11 is 14.9. The first-order valence-electron chi connectivity index (χ1n) is 10.0. The van der Waals surface area contributed by atoms with E-state index in [0.717, 1.165) is 16.0 Å². The fourth-order valence-electron chi connectivity index (χ4n) is 2.85. The molecule has 0 bridgehead atoms. The highest BCUT2D eigenvalue weighted by atomic mass is 35.5. The third-order valence-corrected chi connectivity index (χ3v) is 7.04. The maximum atomic E-state index is 13.2. The average molecular weight is 512 g/mol. The van der Waals surface area contributed by atoms with E-state index in [-0.39, 0.29) is 5.91 Å². The predicted molar refractivity (Wildman–Crippen MR) is 138 cm³/mol. The molecular weight excluding hydrogens is 493 g/mol. The highest BCUT2D eigenvalue weighted by Gasteiger charge is 2.17. The molecule has 166 valence electrons. The Morgan fingerprint density at radius 3 is 2.21 bits per heavy atom. The lowest BCUT2D eigenvalue weighted by molar-refractivity contribution is 0.101. The minimum absolute atomic E-state index is 0.286. The lowest BCUT2D eigenvalue weighted by Gasteiger charge is -2.11. The van der Waals surface area contributed by atoms with Crippen LogP contribution in [-0.2, 0) is 5.75 Å². The number of nitrogens with zero attached hydrogens (tertiary/aromatic N) is 2. The van der Waals surface area contributed by atoms with Crippen molar-refractivity contribution in [3.8, 4) is 0 Å². The molecule has 0 unspecified atom stereocenters. The van der Waals surface area contributed by atoms with E-state index < -0.39 is 0 Å². The Labute approximate surface area is 211 Å². The number of benzene rings is 3. The number of rotatable bonds is 7. The largest absolute Gasteiger partial charge is 0.321 e. The molecule has 0 aliphatic carbocycles. The number of amides is 1. The molecular formula is C25H19Cl2N3OS2. The van der Waals surface area contributed by atoms with Crippen LogP contribution in [0.15, 0.2) is 93.9 Å². The van der Waals surface area contributed by atoms with Gasteiger partial charge in [-0.25, -0.2) is 9.97 Å². The van der Waals surface area contributed by atoms with Gasteiger partial charge in [-0.15, -0.1) is 0 Å². The average Bonchev–Trinajstić information content (AvgIpc) is 2.82. The zero-order valence-corrected chi connectivity index (χ0v) is 20.7. The molecule has 4 aromatic rings. The Kier molecular flexibility index (Phi) is 7.93. The predicted octanol–water partition coefficient (Wildman–Crippen LogP) is 7.79. The highest BCUT2D eigenvalue weighted by molar-refractivity contribution is 7.99. The van der Waals surface area contributed by atoms with Crippen LogP contribution < -0.4 is 5.32 Å². The second-order valence-electron chi connectivity index (χ2n) is 7.16. The standard InChI is InChI=1S/C25H19Cl2N3OS2/c1-16-2-10-20(11-3-16)29-24(31)23-22(33-21-12-8-19(27)9-13-21)14-28-25(30-23)32-15-17-4-6-18(26)7-5-17/h2-14H,15H2,1H3,(H,29,31). The van der Waals surface area contributed by atoms with Gasteiger partial charge in [-0.05, 0) is 61.0 Å². The molecule has 1 aromatic heterocycles. The molecule has 1 heterocycles. The normalized spacial score (nSPS) is 10.8. The number of carbonyl (C=O) groups is 1. The lowest BCUT2D eigenvalue weighted by atomic mass is 10.2. The number of thioether (sulfide) groups is 1. The molecule has 0 aliphatic heterocycles. The van der Waals surface area contributed by atoms with Gasteiger partial charge in [-0.1, -0.05) is 76.6 Å². The van der Waals surface area contributed by atoms with Crippen molar-refractivity contribution >= 4 is 58.3 Å². The summed E-state index contributed by atoms with van der Waals surface area (Å²) in [5.74, 6) is 0.380. The van der Waals surface area contributed by atoms with E-state index in [0.29, 0.717) is 37.2 Å².